The highest BCUT2D eigenvalue weighted by molar-refractivity contribution is 7.09. The van der Waals surface area contributed by atoms with E-state index in [1.807, 2.05) is 12.3 Å². The lowest BCUT2D eigenvalue weighted by atomic mass is 10.3. The van der Waals surface area contributed by atoms with Gasteiger partial charge in [0.15, 0.2) is 11.5 Å². The number of nitrogens with zero attached hydrogens (tertiary/aromatic N) is 2. The largest absolute Gasteiger partial charge is 0.493 e. The Hall–Kier alpha value is -2.15. The molecule has 2 aromatic rings. The van der Waals surface area contributed by atoms with Crippen LogP contribution in [-0.4, -0.2) is 17.0 Å². The zero-order valence-electron chi connectivity index (χ0n) is 10.5. The molecule has 0 bridgehead atoms. The van der Waals surface area contributed by atoms with Crippen LogP contribution in [0.1, 0.15) is 10.7 Å². The molecule has 1 aromatic heterocycles. The molecule has 1 aromatic carbocycles. The molecule has 100 valence electrons. The smallest absolute Gasteiger partial charge is 0.273 e. The second-order valence-electron chi connectivity index (χ2n) is 3.74. The number of aromatic nitrogens is 1. The van der Waals surface area contributed by atoms with Gasteiger partial charge in [0.05, 0.1) is 28.8 Å². The van der Waals surface area contributed by atoms with Crippen LogP contribution in [0.25, 0.3) is 0 Å². The van der Waals surface area contributed by atoms with Crippen LogP contribution < -0.4 is 9.47 Å². The van der Waals surface area contributed by atoms with Crippen LogP contribution >= 0.6 is 11.3 Å². The summed E-state index contributed by atoms with van der Waals surface area (Å²) in [4.78, 5) is 14.5. The van der Waals surface area contributed by atoms with Crippen molar-refractivity contribution >= 4 is 17.0 Å². The highest BCUT2D eigenvalue weighted by atomic mass is 32.1. The third-order valence-corrected chi connectivity index (χ3v) is 3.22. The molecule has 6 nitrogen and oxygen atoms in total. The van der Waals surface area contributed by atoms with Gasteiger partial charge in [0.1, 0.15) is 6.61 Å². The quantitative estimate of drug-likeness (QED) is 0.621. The average molecular weight is 280 g/mol. The molecular formula is C12H12N2O4S. The van der Waals surface area contributed by atoms with Crippen molar-refractivity contribution in [1.29, 1.82) is 0 Å². The molecule has 0 aliphatic heterocycles. The number of methoxy groups -OCH3 is 1. The van der Waals surface area contributed by atoms with Crippen LogP contribution in [-0.2, 0) is 6.61 Å². The molecule has 0 unspecified atom stereocenters. The number of thiazole rings is 1. The van der Waals surface area contributed by atoms with E-state index in [0.717, 1.165) is 10.7 Å². The standard InChI is InChI=1S/C12H12N2O4S/c1-8-13-9(7-19-8)6-18-11-4-3-10(14(15)16)5-12(11)17-2/h3-5,7H,6H2,1-2H3. The summed E-state index contributed by atoms with van der Waals surface area (Å²) in [6.07, 6.45) is 0. The Morgan fingerprint density at radius 3 is 2.79 bits per heavy atom. The first-order chi connectivity index (χ1) is 9.10. The van der Waals surface area contributed by atoms with Gasteiger partial charge in [0.2, 0.25) is 0 Å². The van der Waals surface area contributed by atoms with Gasteiger partial charge in [-0.2, -0.15) is 0 Å². The second kappa shape index (κ2) is 5.66. The van der Waals surface area contributed by atoms with E-state index in [4.69, 9.17) is 9.47 Å². The Balaban J connectivity index is 2.13. The first-order valence-corrected chi connectivity index (χ1v) is 6.34. The summed E-state index contributed by atoms with van der Waals surface area (Å²) in [6, 6.07) is 4.24. The first-order valence-electron chi connectivity index (χ1n) is 5.46. The molecule has 1 heterocycles. The van der Waals surface area contributed by atoms with E-state index in [9.17, 15) is 10.1 Å². The Labute approximate surface area is 113 Å². The number of rotatable bonds is 5. The summed E-state index contributed by atoms with van der Waals surface area (Å²) in [7, 11) is 1.44. The summed E-state index contributed by atoms with van der Waals surface area (Å²) in [5.41, 5.74) is 0.789. The van der Waals surface area contributed by atoms with Crippen LogP contribution in [0.3, 0.4) is 0 Å². The Bertz CT molecular complexity index is 597. The maximum Gasteiger partial charge on any atom is 0.273 e. The van der Waals surface area contributed by atoms with E-state index in [1.165, 1.54) is 25.3 Å². The van der Waals surface area contributed by atoms with Gasteiger partial charge in [0.25, 0.3) is 5.69 Å². The number of nitro groups is 1. The van der Waals surface area contributed by atoms with E-state index in [1.54, 1.807) is 11.3 Å². The molecule has 0 fully saturated rings. The number of hydrogen-bond acceptors (Lipinski definition) is 6. The average Bonchev–Trinajstić information content (AvgIpc) is 2.81. The summed E-state index contributed by atoms with van der Waals surface area (Å²) in [5, 5.41) is 13.5. The van der Waals surface area contributed by atoms with Gasteiger partial charge in [-0.15, -0.1) is 11.3 Å². The summed E-state index contributed by atoms with van der Waals surface area (Å²) in [5.74, 6) is 0.792. The maximum atomic E-state index is 10.7. The molecule has 7 heteroatoms. The molecule has 0 N–H and O–H groups in total. The molecule has 0 aliphatic carbocycles. The number of nitro benzene ring substituents is 1. The van der Waals surface area contributed by atoms with Gasteiger partial charge in [-0.05, 0) is 13.0 Å². The number of aryl methyl sites for hydroxylation is 1. The highest BCUT2D eigenvalue weighted by Crippen LogP contribution is 2.31. The van der Waals surface area contributed by atoms with E-state index >= 15 is 0 Å². The Kier molecular flexibility index (Phi) is 3.96. The van der Waals surface area contributed by atoms with E-state index in [-0.39, 0.29) is 5.69 Å². The lowest BCUT2D eigenvalue weighted by molar-refractivity contribution is -0.385. The minimum atomic E-state index is -0.476. The van der Waals surface area contributed by atoms with Crippen LogP contribution in [0.4, 0.5) is 5.69 Å². The lowest BCUT2D eigenvalue weighted by Crippen LogP contribution is -1.99. The fourth-order valence-corrected chi connectivity index (χ4v) is 2.11. The number of ether oxygens (including phenoxy) is 2. The fourth-order valence-electron chi connectivity index (χ4n) is 1.52. The topological polar surface area (TPSA) is 74.5 Å². The van der Waals surface area contributed by atoms with Crippen LogP contribution in [0, 0.1) is 17.0 Å². The minimum Gasteiger partial charge on any atom is -0.493 e. The molecule has 19 heavy (non-hydrogen) atoms. The zero-order valence-corrected chi connectivity index (χ0v) is 11.3. The molecule has 0 saturated heterocycles. The van der Waals surface area contributed by atoms with Crippen molar-refractivity contribution in [2.24, 2.45) is 0 Å². The van der Waals surface area contributed by atoms with Gasteiger partial charge >= 0.3 is 0 Å². The van der Waals surface area contributed by atoms with Crippen molar-refractivity contribution in [3.05, 3.63) is 44.4 Å². The lowest BCUT2D eigenvalue weighted by Gasteiger charge is -2.09. The van der Waals surface area contributed by atoms with E-state index in [2.05, 4.69) is 4.98 Å². The highest BCUT2D eigenvalue weighted by Gasteiger charge is 2.12. The SMILES string of the molecule is COc1cc([N+](=O)[O-])ccc1OCc1csc(C)n1. The second-order valence-corrected chi connectivity index (χ2v) is 4.80. The summed E-state index contributed by atoms with van der Waals surface area (Å²) in [6.45, 7) is 2.22. The van der Waals surface area contributed by atoms with Crippen molar-refractivity contribution in [2.45, 2.75) is 13.5 Å². The van der Waals surface area contributed by atoms with Gasteiger partial charge in [-0.1, -0.05) is 0 Å². The van der Waals surface area contributed by atoms with Crippen LogP contribution in [0.2, 0.25) is 0 Å². The molecule has 0 radical (unpaired) electrons. The van der Waals surface area contributed by atoms with E-state index < -0.39 is 4.92 Å². The molecule has 0 atom stereocenters. The van der Waals surface area contributed by atoms with Gasteiger partial charge in [0, 0.05) is 11.4 Å². The predicted molar refractivity (Wildman–Crippen MR) is 70.8 cm³/mol. The van der Waals surface area contributed by atoms with Crippen molar-refractivity contribution in [3.8, 4) is 11.5 Å². The molecule has 0 aliphatic rings. The predicted octanol–water partition coefficient (Wildman–Crippen LogP) is 2.95. The molecular weight excluding hydrogens is 268 g/mol. The number of hydrogen-bond donors (Lipinski definition) is 0. The van der Waals surface area contributed by atoms with Crippen molar-refractivity contribution in [2.75, 3.05) is 7.11 Å². The first kappa shape index (κ1) is 13.3. The van der Waals surface area contributed by atoms with Crippen LogP contribution in [0.15, 0.2) is 23.6 Å². The van der Waals surface area contributed by atoms with Crippen molar-refractivity contribution < 1.29 is 14.4 Å². The third-order valence-electron chi connectivity index (χ3n) is 2.40. The van der Waals surface area contributed by atoms with Crippen molar-refractivity contribution in [3.63, 3.8) is 0 Å². The minimum absolute atomic E-state index is 0.0336. The molecule has 2 rings (SSSR count). The normalized spacial score (nSPS) is 10.2. The molecule has 0 amide bonds. The maximum absolute atomic E-state index is 10.7. The Morgan fingerprint density at radius 2 is 2.21 bits per heavy atom. The van der Waals surface area contributed by atoms with Gasteiger partial charge < -0.3 is 9.47 Å². The fraction of sp³-hybridized carbons (Fsp3) is 0.250. The number of benzene rings is 1. The van der Waals surface area contributed by atoms with Crippen molar-refractivity contribution in [1.82, 2.24) is 4.98 Å². The molecule has 0 saturated carbocycles. The zero-order chi connectivity index (χ0) is 13.8. The van der Waals surface area contributed by atoms with Gasteiger partial charge in [-0.3, -0.25) is 10.1 Å². The molecule has 0 spiro atoms. The Morgan fingerprint density at radius 1 is 1.42 bits per heavy atom. The van der Waals surface area contributed by atoms with Crippen LogP contribution in [0.5, 0.6) is 11.5 Å². The monoisotopic (exact) mass is 280 g/mol. The third kappa shape index (κ3) is 3.19. The summed E-state index contributed by atoms with van der Waals surface area (Å²) < 4.78 is 10.6. The number of non-ortho nitro benzene ring substituents is 1. The summed E-state index contributed by atoms with van der Waals surface area (Å²) >= 11 is 1.54. The van der Waals surface area contributed by atoms with E-state index in [0.29, 0.717) is 18.1 Å². The van der Waals surface area contributed by atoms with Gasteiger partial charge in [-0.25, -0.2) is 4.98 Å².